The lowest BCUT2D eigenvalue weighted by Crippen LogP contribution is -2.59. The second-order valence-corrected chi connectivity index (χ2v) is 23.6. The highest BCUT2D eigenvalue weighted by atomic mass is 32.1. The van der Waals surface area contributed by atoms with Gasteiger partial charge in [0.1, 0.15) is 23.6 Å². The molecule has 4 fully saturated rings. The first-order chi connectivity index (χ1) is 36.5. The van der Waals surface area contributed by atoms with Crippen LogP contribution in [0.25, 0.3) is 32.7 Å². The van der Waals surface area contributed by atoms with Crippen LogP contribution in [0, 0.1) is 12.3 Å². The van der Waals surface area contributed by atoms with E-state index in [4.69, 9.17) is 14.7 Å². The second kappa shape index (κ2) is 20.8. The van der Waals surface area contributed by atoms with E-state index in [1.54, 1.807) is 44.2 Å². The number of carbonyl (C=O) groups is 3. The normalized spacial score (nSPS) is 23.3. The molecule has 5 N–H and O–H groups in total. The quantitative estimate of drug-likeness (QED) is 0.0746. The largest absolute Gasteiger partial charge is 0.507 e. The van der Waals surface area contributed by atoms with Crippen LogP contribution in [0.1, 0.15) is 126 Å². The monoisotopic (exact) mass is 1050 g/mol. The number of ether oxygens (including phenoxy) is 1. The van der Waals surface area contributed by atoms with Crippen molar-refractivity contribution in [1.29, 1.82) is 0 Å². The van der Waals surface area contributed by atoms with Gasteiger partial charge >= 0.3 is 0 Å². The number of nitrogens with zero attached hydrogens (tertiary/aromatic N) is 8. The fourth-order valence-corrected chi connectivity index (χ4v) is 12.8. The van der Waals surface area contributed by atoms with Crippen LogP contribution in [0.5, 0.6) is 11.5 Å². The number of hydrogen-bond acceptors (Lipinski definition) is 14. The number of rotatable bonds is 13. The van der Waals surface area contributed by atoms with Crippen LogP contribution in [0.15, 0.2) is 66.4 Å². The number of aliphatic hydroxyl groups is 1. The van der Waals surface area contributed by atoms with Crippen molar-refractivity contribution in [3.8, 4) is 33.2 Å². The van der Waals surface area contributed by atoms with Crippen molar-refractivity contribution in [2.24, 2.45) is 5.41 Å². The van der Waals surface area contributed by atoms with E-state index in [2.05, 4.69) is 47.5 Å². The first kappa shape index (κ1) is 51.5. The third-order valence-corrected chi connectivity index (χ3v) is 17.6. The molecule has 3 aliphatic heterocycles. The number of aryl methyl sites for hydroxylation is 1. The highest BCUT2D eigenvalue weighted by Gasteiger charge is 2.53. The number of hydrogen-bond donors (Lipinski definition) is 5. The highest BCUT2D eigenvalue weighted by Crippen LogP contribution is 2.42. The lowest BCUT2D eigenvalue weighted by Gasteiger charge is -2.41. The number of aromatic nitrogens is 6. The van der Waals surface area contributed by atoms with E-state index in [1.807, 2.05) is 61.2 Å². The molecule has 4 atom stereocenters. The summed E-state index contributed by atoms with van der Waals surface area (Å²) >= 11 is 1.56. The maximum atomic E-state index is 14.7. The first-order valence-corrected chi connectivity index (χ1v) is 27.8. The molecule has 7 heterocycles. The Hall–Kier alpha value is -6.57. The van der Waals surface area contributed by atoms with Crippen LogP contribution in [-0.2, 0) is 27.3 Å². The third-order valence-electron chi connectivity index (χ3n) is 16.6. The number of halogens is 1. The van der Waals surface area contributed by atoms with Gasteiger partial charge in [-0.2, -0.15) is 0 Å². The minimum absolute atomic E-state index is 0.00311. The standard InChI is InChI=1S/C57H68FN11O6S/c1-32-49(76-31-62-32)35-10-11-36(27-59-52(72)45-25-39(70)30-69(45)53(73)50(56(3,4)5)64-54(74)57(58)19-20-57)47(24-35)75-40-14-12-38(13-15-40)67-21-16-34(17-22-67)37-28-60-55(61-29-37)68-23-18-43-48(33(68)2)42-26-44(65-66-51(42)63-43)41-8-6-7-9-46(41)71/h6-11,24,26,28-29,31,33-34,38-40,45,50,70-71H,12-23,25,27,30H2,1-5H3,(H,59,72)(H,63,66)(H,64,74)/t33-,38?,39+,40?,45-,50+/m0/s1. The van der Waals surface area contributed by atoms with Crippen LogP contribution >= 0.6 is 11.3 Å². The zero-order valence-corrected chi connectivity index (χ0v) is 44.7. The number of H-pyrrole nitrogens is 1. The summed E-state index contributed by atoms with van der Waals surface area (Å²) in [5, 5.41) is 36.8. The summed E-state index contributed by atoms with van der Waals surface area (Å²) in [6.07, 6.45) is 10.1. The van der Waals surface area contributed by atoms with Crippen molar-refractivity contribution in [2.45, 2.75) is 153 Å². The van der Waals surface area contributed by atoms with E-state index in [0.717, 1.165) is 109 Å². The van der Waals surface area contributed by atoms with Crippen molar-refractivity contribution in [1.82, 2.24) is 50.6 Å². The molecule has 0 spiro atoms. The van der Waals surface area contributed by atoms with Crippen LogP contribution in [-0.4, -0.2) is 130 Å². The molecule has 0 radical (unpaired) electrons. The van der Waals surface area contributed by atoms with E-state index < -0.39 is 47.0 Å². The SMILES string of the molecule is Cc1ncsc1-c1ccc(CNC(=O)[C@@H]2C[C@@H](O)CN2C(=O)[C@@H](NC(=O)C2(F)CC2)C(C)(C)C)c(OC2CCC(N3CCC(c4cnc(N5CCc6[nH]c7nnc(-c8ccccc8O)cc7c6[C@@H]5C)nc4)CC3)CC2)c1. The van der Waals surface area contributed by atoms with Gasteiger partial charge in [-0.25, -0.2) is 19.3 Å². The molecule has 4 aromatic heterocycles. The number of anilines is 1. The number of aromatic hydroxyl groups is 1. The number of alkyl halides is 1. The number of nitrogens with one attached hydrogen (secondary N) is 3. The van der Waals surface area contributed by atoms with Crippen molar-refractivity contribution in [2.75, 3.05) is 31.1 Å². The Morgan fingerprint density at radius 2 is 1.72 bits per heavy atom. The molecule has 0 unspecified atom stereocenters. The summed E-state index contributed by atoms with van der Waals surface area (Å²) in [5.41, 5.74) is 7.26. The summed E-state index contributed by atoms with van der Waals surface area (Å²) in [7, 11) is 0. The van der Waals surface area contributed by atoms with Crippen molar-refractivity contribution >= 4 is 46.0 Å². The number of aliphatic hydroxyl groups excluding tert-OH is 1. The predicted molar refractivity (Wildman–Crippen MR) is 287 cm³/mol. The van der Waals surface area contributed by atoms with Gasteiger partial charge in [0.2, 0.25) is 17.8 Å². The fourth-order valence-electron chi connectivity index (χ4n) is 12.0. The van der Waals surface area contributed by atoms with Crippen LogP contribution in [0.3, 0.4) is 0 Å². The number of benzene rings is 2. The zero-order chi connectivity index (χ0) is 53.0. The van der Waals surface area contributed by atoms with Gasteiger partial charge in [0, 0.05) is 78.7 Å². The number of fused-ring (bicyclic) bond motifs is 3. The van der Waals surface area contributed by atoms with Gasteiger partial charge in [-0.3, -0.25) is 14.4 Å². The van der Waals surface area contributed by atoms with Gasteiger partial charge in [-0.15, -0.1) is 21.5 Å². The smallest absolute Gasteiger partial charge is 0.258 e. The number of phenols is 1. The lowest BCUT2D eigenvalue weighted by atomic mass is 9.85. The number of piperidine rings is 1. The van der Waals surface area contributed by atoms with Crippen LogP contribution in [0.2, 0.25) is 0 Å². The van der Waals surface area contributed by atoms with Crippen molar-refractivity contribution in [3.05, 3.63) is 94.5 Å². The predicted octanol–water partition coefficient (Wildman–Crippen LogP) is 7.86. The van der Waals surface area contributed by atoms with Gasteiger partial charge in [-0.05, 0) is 125 Å². The Morgan fingerprint density at radius 3 is 2.42 bits per heavy atom. The zero-order valence-electron chi connectivity index (χ0n) is 43.9. The van der Waals surface area contributed by atoms with Gasteiger partial charge in [0.15, 0.2) is 11.3 Å². The van der Waals surface area contributed by atoms with E-state index in [9.17, 15) is 29.0 Å². The molecule has 19 heteroatoms. The van der Waals surface area contributed by atoms with E-state index >= 15 is 0 Å². The molecule has 17 nitrogen and oxygen atoms in total. The van der Waals surface area contributed by atoms with Crippen LogP contribution in [0.4, 0.5) is 10.3 Å². The number of thiazole rings is 1. The molecule has 0 bridgehead atoms. The first-order valence-electron chi connectivity index (χ1n) is 27.0. The average Bonchev–Trinajstić information content (AvgIpc) is 3.67. The summed E-state index contributed by atoms with van der Waals surface area (Å²) in [5.74, 6) is 0.188. The van der Waals surface area contributed by atoms with Crippen molar-refractivity contribution in [3.63, 3.8) is 0 Å². The van der Waals surface area contributed by atoms with Gasteiger partial charge in [0.25, 0.3) is 5.91 Å². The molecule has 3 amide bonds. The minimum atomic E-state index is -1.97. The van der Waals surface area contributed by atoms with Crippen molar-refractivity contribution < 1.29 is 33.7 Å². The number of para-hydroxylation sites is 1. The minimum Gasteiger partial charge on any atom is -0.507 e. The van der Waals surface area contributed by atoms with E-state index in [1.165, 1.54) is 10.5 Å². The summed E-state index contributed by atoms with van der Waals surface area (Å²) in [6.45, 7) is 12.4. The molecular weight excluding hydrogens is 986 g/mol. The Labute approximate surface area is 446 Å². The number of carbonyl (C=O) groups excluding carboxylic acids is 3. The molecule has 2 saturated carbocycles. The summed E-state index contributed by atoms with van der Waals surface area (Å²) < 4.78 is 21.6. The molecule has 6 aromatic rings. The topological polar surface area (TPSA) is 215 Å². The number of β-amino-alcohol motifs (C(OH)–C–C–N with tert-alkyl or cyclic N) is 1. The summed E-state index contributed by atoms with van der Waals surface area (Å²) in [4.78, 5) is 66.0. The van der Waals surface area contributed by atoms with Gasteiger partial charge in [-0.1, -0.05) is 45.0 Å². The van der Waals surface area contributed by atoms with Gasteiger partial charge in [0.05, 0.1) is 40.0 Å². The second-order valence-electron chi connectivity index (χ2n) is 22.8. The number of likely N-dealkylation sites (tertiary alicyclic amines) is 2. The number of aromatic amines is 1. The molecule has 11 rings (SSSR count). The van der Waals surface area contributed by atoms with Crippen LogP contribution < -0.4 is 20.3 Å². The number of amides is 3. The Balaban J connectivity index is 0.697. The molecule has 2 aromatic carbocycles. The molecular formula is C57H68FN11O6S. The average molecular weight is 1050 g/mol. The molecule has 2 saturated heterocycles. The Bertz CT molecular complexity index is 3120. The molecule has 76 heavy (non-hydrogen) atoms. The maximum absolute atomic E-state index is 14.7. The van der Waals surface area contributed by atoms with Gasteiger partial charge < -0.3 is 45.3 Å². The Morgan fingerprint density at radius 1 is 0.974 bits per heavy atom. The van der Waals surface area contributed by atoms with E-state index in [-0.39, 0.29) is 50.2 Å². The third kappa shape index (κ3) is 10.4. The number of phenolic OH excluding ortho intramolecular Hbond substituents is 1. The fraction of sp³-hybridized carbons (Fsp3) is 0.509. The Kier molecular flexibility index (Phi) is 14.1. The molecule has 400 valence electrons. The van der Waals surface area contributed by atoms with E-state index in [0.29, 0.717) is 34.9 Å². The highest BCUT2D eigenvalue weighted by molar-refractivity contribution is 7.13. The molecule has 2 aliphatic carbocycles. The summed E-state index contributed by atoms with van der Waals surface area (Å²) in [6, 6.07) is 13.6. The molecule has 5 aliphatic rings. The lowest BCUT2D eigenvalue weighted by molar-refractivity contribution is -0.145. The maximum Gasteiger partial charge on any atom is 0.258 e.